The van der Waals surface area contributed by atoms with Gasteiger partial charge < -0.3 is 19.3 Å². The van der Waals surface area contributed by atoms with Gasteiger partial charge in [-0.1, -0.05) is 25.0 Å². The Labute approximate surface area is 242 Å². The van der Waals surface area contributed by atoms with E-state index in [0.717, 1.165) is 24.1 Å². The van der Waals surface area contributed by atoms with E-state index in [1.165, 1.54) is 11.0 Å². The molecule has 0 amide bonds. The summed E-state index contributed by atoms with van der Waals surface area (Å²) in [4.78, 5) is 23.0. The van der Waals surface area contributed by atoms with Crippen molar-refractivity contribution in [2.24, 2.45) is 5.92 Å². The third kappa shape index (κ3) is 5.80. The van der Waals surface area contributed by atoms with Crippen molar-refractivity contribution in [3.8, 4) is 5.75 Å². The number of fused-ring (bicyclic) bond motifs is 1. The van der Waals surface area contributed by atoms with E-state index < -0.39 is 30.2 Å². The molecule has 0 spiro atoms. The van der Waals surface area contributed by atoms with Gasteiger partial charge in [-0.05, 0) is 55.7 Å². The summed E-state index contributed by atoms with van der Waals surface area (Å²) in [6, 6.07) is 14.0. The van der Waals surface area contributed by atoms with Crippen molar-refractivity contribution in [1.82, 2.24) is 14.5 Å². The molecule has 10 heteroatoms. The molecule has 220 valence electrons. The molecule has 7 nitrogen and oxygen atoms in total. The fourth-order valence-electron chi connectivity index (χ4n) is 6.12. The predicted molar refractivity (Wildman–Crippen MR) is 153 cm³/mol. The summed E-state index contributed by atoms with van der Waals surface area (Å²) in [5.74, 6) is -3.85. The number of halogens is 3. The van der Waals surface area contributed by atoms with E-state index in [0.29, 0.717) is 46.7 Å². The zero-order chi connectivity index (χ0) is 29.4. The van der Waals surface area contributed by atoms with Crippen molar-refractivity contribution in [1.29, 1.82) is 0 Å². The molecule has 3 heterocycles. The summed E-state index contributed by atoms with van der Waals surface area (Å²) in [5.41, 5.74) is 3.98. The van der Waals surface area contributed by atoms with Crippen molar-refractivity contribution in [2.75, 3.05) is 18.0 Å². The molecule has 2 fully saturated rings. The van der Waals surface area contributed by atoms with Gasteiger partial charge in [-0.3, -0.25) is 9.78 Å². The minimum atomic E-state index is -2.78. The van der Waals surface area contributed by atoms with Crippen molar-refractivity contribution < 1.29 is 27.8 Å². The normalized spacial score (nSPS) is 20.2. The van der Waals surface area contributed by atoms with Gasteiger partial charge in [0.1, 0.15) is 24.0 Å². The Bertz CT molecular complexity index is 1600. The third-order valence-electron chi connectivity index (χ3n) is 8.42. The molecule has 1 saturated heterocycles. The molecule has 2 aromatic heterocycles. The fraction of sp³-hybridized carbons (Fsp3) is 0.406. The highest BCUT2D eigenvalue weighted by Gasteiger charge is 2.39. The first-order chi connectivity index (χ1) is 20.2. The lowest BCUT2D eigenvalue weighted by atomic mass is 9.78. The maximum atomic E-state index is 15.5. The summed E-state index contributed by atoms with van der Waals surface area (Å²) in [7, 11) is 0. The van der Waals surface area contributed by atoms with Gasteiger partial charge in [0, 0.05) is 42.4 Å². The van der Waals surface area contributed by atoms with Crippen LogP contribution in [0.2, 0.25) is 0 Å². The second kappa shape index (κ2) is 11.3. The number of rotatable bonds is 8. The van der Waals surface area contributed by atoms with Gasteiger partial charge in [0.15, 0.2) is 0 Å². The molecule has 0 bridgehead atoms. The number of ether oxygens (including phenoxy) is 1. The summed E-state index contributed by atoms with van der Waals surface area (Å²) in [6.07, 6.45) is 4.49. The molecule has 2 aliphatic rings. The minimum Gasteiger partial charge on any atom is -0.487 e. The molecule has 6 rings (SSSR count). The smallest absolute Gasteiger partial charge is 0.307 e. The van der Waals surface area contributed by atoms with Gasteiger partial charge >= 0.3 is 5.97 Å². The largest absolute Gasteiger partial charge is 0.487 e. The van der Waals surface area contributed by atoms with Crippen LogP contribution in [0.4, 0.5) is 18.9 Å². The summed E-state index contributed by atoms with van der Waals surface area (Å²) < 4.78 is 51.0. The number of alkyl halides is 2. The number of benzene rings is 2. The van der Waals surface area contributed by atoms with Crippen LogP contribution in [0.3, 0.4) is 0 Å². The Morgan fingerprint density at radius 3 is 2.67 bits per heavy atom. The monoisotopic (exact) mass is 578 g/mol. The molecule has 0 unspecified atom stereocenters. The first kappa shape index (κ1) is 28.1. The van der Waals surface area contributed by atoms with Crippen molar-refractivity contribution in [2.45, 2.75) is 64.0 Å². The predicted octanol–water partition coefficient (Wildman–Crippen LogP) is 6.71. The van der Waals surface area contributed by atoms with Crippen LogP contribution >= 0.6 is 0 Å². The fourth-order valence-corrected chi connectivity index (χ4v) is 6.12. The second-order valence-electron chi connectivity index (χ2n) is 11.5. The van der Waals surface area contributed by atoms with Gasteiger partial charge in [0.25, 0.3) is 5.92 Å². The number of aryl methyl sites for hydroxylation is 1. The summed E-state index contributed by atoms with van der Waals surface area (Å²) in [5, 5.41) is 10.00. The highest BCUT2D eigenvalue weighted by Crippen LogP contribution is 2.40. The zero-order valence-electron chi connectivity index (χ0n) is 23.4. The molecule has 1 aliphatic carbocycles. The lowest BCUT2D eigenvalue weighted by Crippen LogP contribution is -2.28. The van der Waals surface area contributed by atoms with Gasteiger partial charge in [0.2, 0.25) is 0 Å². The molecule has 2 aromatic carbocycles. The van der Waals surface area contributed by atoms with E-state index in [4.69, 9.17) is 9.72 Å². The minimum absolute atomic E-state index is 0.111. The van der Waals surface area contributed by atoms with Crippen molar-refractivity contribution >= 4 is 22.7 Å². The molecule has 0 radical (unpaired) electrons. The number of carboxylic acid groups (broad SMARTS) is 1. The Balaban J connectivity index is 1.35. The molecule has 2 atom stereocenters. The van der Waals surface area contributed by atoms with Crippen LogP contribution in [0, 0.1) is 18.7 Å². The number of nitrogens with zero attached hydrogens (tertiary/aromatic N) is 4. The maximum Gasteiger partial charge on any atom is 0.307 e. The number of aliphatic carboxylic acids is 1. The molecule has 1 N–H and O–H groups in total. The molecule has 1 saturated carbocycles. The van der Waals surface area contributed by atoms with Gasteiger partial charge in [-0.15, -0.1) is 0 Å². The number of aromatic nitrogens is 3. The number of carbonyl (C=O) groups is 1. The highest BCUT2D eigenvalue weighted by atomic mass is 19.3. The average molecular weight is 579 g/mol. The number of pyridine rings is 1. The number of carboxylic acids is 1. The van der Waals surface area contributed by atoms with Crippen molar-refractivity contribution in [3.63, 3.8) is 0 Å². The van der Waals surface area contributed by atoms with Gasteiger partial charge in [0.05, 0.1) is 35.7 Å². The number of imidazole rings is 1. The van der Waals surface area contributed by atoms with E-state index in [-0.39, 0.29) is 32.0 Å². The first-order valence-electron chi connectivity index (χ1n) is 14.4. The Morgan fingerprint density at radius 1 is 1.12 bits per heavy atom. The molecule has 4 aromatic rings. The van der Waals surface area contributed by atoms with Crippen LogP contribution in [0.15, 0.2) is 54.7 Å². The van der Waals surface area contributed by atoms with Crippen LogP contribution in [0.25, 0.3) is 11.0 Å². The molecular formula is C32H33F3N4O3. The Hall–Kier alpha value is -4.08. The van der Waals surface area contributed by atoms with Crippen LogP contribution in [0.5, 0.6) is 5.75 Å². The SMILES string of the molecule is Cc1ccc(COc2ccc3nc([C@@H]4CCCC[C@@H]4C(=O)O)n(Cc4ccc(N5CCC(F)(F)C5)cc4F)c3c2)nc1. The van der Waals surface area contributed by atoms with E-state index in [9.17, 15) is 18.7 Å². The lowest BCUT2D eigenvalue weighted by Gasteiger charge is -2.28. The topological polar surface area (TPSA) is 80.5 Å². The van der Waals surface area contributed by atoms with Crippen LogP contribution in [0.1, 0.15) is 60.7 Å². The Kier molecular flexibility index (Phi) is 7.55. The lowest BCUT2D eigenvalue weighted by molar-refractivity contribution is -0.143. The van der Waals surface area contributed by atoms with Gasteiger partial charge in [-0.2, -0.15) is 0 Å². The zero-order valence-corrected chi connectivity index (χ0v) is 23.4. The standard InChI is InChI=1S/C32H33F3N4O3/c1-20-6-8-22(36-16-20)18-42-24-10-11-28-29(15-24)39(30(37-28)25-4-2-3-5-26(25)31(40)41)17-21-7-9-23(14-27(21)33)38-13-12-32(34,35)19-38/h6-11,14-16,25-26H,2-5,12-13,17-19H2,1H3,(H,40,41)/t25-,26+/m1/s1. The summed E-state index contributed by atoms with van der Waals surface area (Å²) >= 11 is 0. The molecule has 1 aliphatic heterocycles. The number of anilines is 1. The van der Waals surface area contributed by atoms with Crippen LogP contribution < -0.4 is 9.64 Å². The number of hydrogen-bond donors (Lipinski definition) is 1. The van der Waals surface area contributed by atoms with E-state index in [2.05, 4.69) is 4.98 Å². The van der Waals surface area contributed by atoms with Crippen LogP contribution in [-0.2, 0) is 17.9 Å². The van der Waals surface area contributed by atoms with E-state index in [1.54, 1.807) is 18.3 Å². The second-order valence-corrected chi connectivity index (χ2v) is 11.5. The summed E-state index contributed by atoms with van der Waals surface area (Å²) in [6.45, 7) is 2.08. The van der Waals surface area contributed by atoms with Crippen LogP contribution in [-0.4, -0.2) is 44.6 Å². The van der Waals surface area contributed by atoms with E-state index in [1.807, 2.05) is 41.8 Å². The van der Waals surface area contributed by atoms with Crippen molar-refractivity contribution in [3.05, 3.63) is 83.2 Å². The quantitative estimate of drug-likeness (QED) is 0.250. The average Bonchev–Trinajstić information content (AvgIpc) is 3.52. The maximum absolute atomic E-state index is 15.5. The molecular weight excluding hydrogens is 545 g/mol. The third-order valence-corrected chi connectivity index (χ3v) is 8.42. The number of hydrogen-bond acceptors (Lipinski definition) is 5. The molecule has 42 heavy (non-hydrogen) atoms. The van der Waals surface area contributed by atoms with Gasteiger partial charge in [-0.25, -0.2) is 18.2 Å². The highest BCUT2D eigenvalue weighted by molar-refractivity contribution is 5.79. The van der Waals surface area contributed by atoms with E-state index >= 15 is 4.39 Å². The first-order valence-corrected chi connectivity index (χ1v) is 14.4. The Morgan fingerprint density at radius 2 is 1.95 bits per heavy atom.